The summed E-state index contributed by atoms with van der Waals surface area (Å²) in [4.78, 5) is 23.6. The molecule has 0 bridgehead atoms. The van der Waals surface area contributed by atoms with Crippen LogP contribution in [-0.4, -0.2) is 63.4 Å². The minimum absolute atomic E-state index is 0.0338. The molecule has 1 aliphatic rings. The first kappa shape index (κ1) is 26.4. The predicted molar refractivity (Wildman–Crippen MR) is 147 cm³/mol. The third-order valence-electron chi connectivity index (χ3n) is 6.76. The number of aromatic nitrogens is 4. The number of amides is 1. The Morgan fingerprint density at radius 1 is 1.18 bits per heavy atom. The fourth-order valence-corrected chi connectivity index (χ4v) is 4.76. The third kappa shape index (κ3) is 6.61. The van der Waals surface area contributed by atoms with Gasteiger partial charge in [0.15, 0.2) is 17.3 Å². The zero-order valence-corrected chi connectivity index (χ0v) is 22.1. The van der Waals surface area contributed by atoms with Crippen LogP contribution in [0.25, 0.3) is 10.9 Å². The number of fused-ring (bicyclic) bond motifs is 1. The molecule has 1 atom stereocenters. The molecular formula is C28H32FN7O3. The highest BCUT2D eigenvalue weighted by atomic mass is 19.1. The number of ether oxygens (including phenoxy) is 2. The van der Waals surface area contributed by atoms with Gasteiger partial charge in [0.1, 0.15) is 24.5 Å². The van der Waals surface area contributed by atoms with E-state index in [2.05, 4.69) is 37.5 Å². The van der Waals surface area contributed by atoms with E-state index in [9.17, 15) is 9.18 Å². The number of carbonyl (C=O) groups is 1. The van der Waals surface area contributed by atoms with Gasteiger partial charge in [0.05, 0.1) is 19.2 Å². The summed E-state index contributed by atoms with van der Waals surface area (Å²) in [5, 5.41) is 11.0. The van der Waals surface area contributed by atoms with Gasteiger partial charge in [-0.1, -0.05) is 6.07 Å². The van der Waals surface area contributed by atoms with Gasteiger partial charge >= 0.3 is 0 Å². The Kier molecular flexibility index (Phi) is 8.16. The van der Waals surface area contributed by atoms with Crippen LogP contribution in [0.15, 0.2) is 55.0 Å². The van der Waals surface area contributed by atoms with Crippen molar-refractivity contribution >= 4 is 34.1 Å². The number of nitrogens with zero attached hydrogens (tertiary/aromatic N) is 5. The Balaban J connectivity index is 1.23. The molecule has 2 aromatic carbocycles. The molecule has 2 aromatic heterocycles. The summed E-state index contributed by atoms with van der Waals surface area (Å²) in [5.41, 5.74) is 1.09. The van der Waals surface area contributed by atoms with Gasteiger partial charge in [-0.25, -0.2) is 14.4 Å². The smallest absolute Gasteiger partial charge is 0.246 e. The van der Waals surface area contributed by atoms with Gasteiger partial charge in [-0.3, -0.25) is 9.48 Å². The van der Waals surface area contributed by atoms with Gasteiger partial charge in [-0.15, -0.1) is 0 Å². The fourth-order valence-electron chi connectivity index (χ4n) is 4.76. The summed E-state index contributed by atoms with van der Waals surface area (Å²) in [6.45, 7) is 5.02. The highest BCUT2D eigenvalue weighted by molar-refractivity contribution is 5.93. The van der Waals surface area contributed by atoms with E-state index in [0.29, 0.717) is 47.0 Å². The number of likely N-dealkylation sites (tertiary alicyclic amines) is 1. The number of hydrogen-bond acceptors (Lipinski definition) is 8. The van der Waals surface area contributed by atoms with Gasteiger partial charge in [0, 0.05) is 42.0 Å². The van der Waals surface area contributed by atoms with E-state index in [4.69, 9.17) is 9.47 Å². The lowest BCUT2D eigenvalue weighted by molar-refractivity contribution is -0.116. The second-order valence-corrected chi connectivity index (χ2v) is 9.55. The molecule has 0 saturated carbocycles. The first-order valence-electron chi connectivity index (χ1n) is 13.0. The van der Waals surface area contributed by atoms with Crippen molar-refractivity contribution in [3.8, 4) is 11.5 Å². The van der Waals surface area contributed by atoms with Crippen molar-refractivity contribution < 1.29 is 18.7 Å². The number of benzene rings is 2. The normalized spacial score (nSPS) is 15.4. The Morgan fingerprint density at radius 3 is 2.87 bits per heavy atom. The topological polar surface area (TPSA) is 106 Å². The molecule has 1 amide bonds. The number of rotatable bonds is 11. The molecule has 0 radical (unpaired) electrons. The largest absolute Gasteiger partial charge is 0.493 e. The van der Waals surface area contributed by atoms with Crippen molar-refractivity contribution in [1.29, 1.82) is 0 Å². The maximum absolute atomic E-state index is 13.4. The van der Waals surface area contributed by atoms with Crippen molar-refractivity contribution in [2.45, 2.75) is 38.8 Å². The lowest BCUT2D eigenvalue weighted by Gasteiger charge is -2.21. The van der Waals surface area contributed by atoms with Crippen LogP contribution in [-0.2, 0) is 11.3 Å². The molecule has 0 unspecified atom stereocenters. The minimum atomic E-state index is -0.419. The molecule has 3 heterocycles. The molecule has 10 nitrogen and oxygen atoms in total. The summed E-state index contributed by atoms with van der Waals surface area (Å²) >= 11 is 0. The zero-order chi connectivity index (χ0) is 27.2. The standard InChI is InChI=1S/C28H32FN7O3/c1-19-6-4-10-35(19)11-5-13-39-25-16-23-22(15-24(25)38-2)28(31-18-30-23)33-26-9-12-36(34-26)17-27(37)32-21-8-3-7-20(29)14-21/h3,7-9,12,14-16,18-19H,4-6,10-11,13,17H2,1-2H3,(H,32,37)(H,30,31,33,34)/t19-/m1/s1. The lowest BCUT2D eigenvalue weighted by atomic mass is 10.2. The average molecular weight is 534 g/mol. The Morgan fingerprint density at radius 2 is 2.08 bits per heavy atom. The predicted octanol–water partition coefficient (Wildman–Crippen LogP) is 4.61. The molecule has 11 heteroatoms. The van der Waals surface area contributed by atoms with E-state index in [0.717, 1.165) is 24.9 Å². The van der Waals surface area contributed by atoms with Crippen LogP contribution < -0.4 is 20.1 Å². The van der Waals surface area contributed by atoms with E-state index in [1.54, 1.807) is 25.4 Å². The second kappa shape index (κ2) is 12.1. The number of carbonyl (C=O) groups excluding carboxylic acids is 1. The molecule has 0 aliphatic carbocycles. The van der Waals surface area contributed by atoms with Crippen LogP contribution in [0.4, 0.5) is 21.7 Å². The highest BCUT2D eigenvalue weighted by Gasteiger charge is 2.19. The van der Waals surface area contributed by atoms with Crippen molar-refractivity contribution in [3.05, 3.63) is 60.8 Å². The van der Waals surface area contributed by atoms with E-state index >= 15 is 0 Å². The molecule has 39 heavy (non-hydrogen) atoms. The summed E-state index contributed by atoms with van der Waals surface area (Å²) in [6.07, 6.45) is 6.61. The monoisotopic (exact) mass is 533 g/mol. The van der Waals surface area contributed by atoms with E-state index in [1.165, 1.54) is 42.0 Å². The van der Waals surface area contributed by atoms with Gasteiger partial charge in [0.25, 0.3) is 0 Å². The third-order valence-corrected chi connectivity index (χ3v) is 6.76. The van der Waals surface area contributed by atoms with Gasteiger partial charge in [0.2, 0.25) is 5.91 Å². The van der Waals surface area contributed by atoms with Crippen LogP contribution in [0.5, 0.6) is 11.5 Å². The molecule has 2 N–H and O–H groups in total. The molecule has 0 spiro atoms. The summed E-state index contributed by atoms with van der Waals surface area (Å²) in [5.74, 6) is 1.53. The first-order valence-corrected chi connectivity index (χ1v) is 13.0. The lowest BCUT2D eigenvalue weighted by Crippen LogP contribution is -2.28. The summed E-state index contributed by atoms with van der Waals surface area (Å²) < 4.78 is 26.5. The maximum atomic E-state index is 13.4. The molecule has 1 aliphatic heterocycles. The van der Waals surface area contributed by atoms with Crippen LogP contribution in [0.2, 0.25) is 0 Å². The second-order valence-electron chi connectivity index (χ2n) is 9.55. The molecular weight excluding hydrogens is 501 g/mol. The highest BCUT2D eigenvalue weighted by Crippen LogP contribution is 2.34. The van der Waals surface area contributed by atoms with Gasteiger partial charge in [-0.05, 0) is 57.0 Å². The maximum Gasteiger partial charge on any atom is 0.246 e. The minimum Gasteiger partial charge on any atom is -0.493 e. The number of nitrogens with one attached hydrogen (secondary N) is 2. The van der Waals surface area contributed by atoms with E-state index < -0.39 is 5.82 Å². The van der Waals surface area contributed by atoms with Crippen molar-refractivity contribution in [2.75, 3.05) is 37.4 Å². The van der Waals surface area contributed by atoms with Gasteiger partial charge in [-0.2, -0.15) is 5.10 Å². The SMILES string of the molecule is COc1cc2c(Nc3ccn(CC(=O)Nc4cccc(F)c4)n3)ncnc2cc1OCCCN1CCC[C@H]1C. The van der Waals surface area contributed by atoms with Crippen LogP contribution in [0, 0.1) is 5.82 Å². The summed E-state index contributed by atoms with van der Waals surface area (Å²) in [6, 6.07) is 11.8. The van der Waals surface area contributed by atoms with E-state index in [1.807, 2.05) is 12.1 Å². The molecule has 5 rings (SSSR count). The first-order chi connectivity index (χ1) is 19.0. The van der Waals surface area contributed by atoms with Gasteiger partial charge < -0.3 is 25.0 Å². The molecule has 1 saturated heterocycles. The van der Waals surface area contributed by atoms with Crippen LogP contribution in [0.3, 0.4) is 0 Å². The zero-order valence-electron chi connectivity index (χ0n) is 22.1. The molecule has 1 fully saturated rings. The number of halogens is 1. The van der Waals surface area contributed by atoms with Crippen LogP contribution >= 0.6 is 0 Å². The quantitative estimate of drug-likeness (QED) is 0.269. The summed E-state index contributed by atoms with van der Waals surface area (Å²) in [7, 11) is 1.60. The average Bonchev–Trinajstić information content (AvgIpc) is 3.54. The Hall–Kier alpha value is -4.25. The number of methoxy groups -OCH3 is 1. The number of anilines is 3. The Labute approximate surface area is 226 Å². The van der Waals surface area contributed by atoms with E-state index in [-0.39, 0.29) is 12.5 Å². The molecule has 204 valence electrons. The van der Waals surface area contributed by atoms with Crippen molar-refractivity contribution in [2.24, 2.45) is 0 Å². The van der Waals surface area contributed by atoms with Crippen LogP contribution in [0.1, 0.15) is 26.2 Å². The molecule has 4 aromatic rings. The fraction of sp³-hybridized carbons (Fsp3) is 0.357. The van der Waals surface area contributed by atoms with Crippen molar-refractivity contribution in [1.82, 2.24) is 24.6 Å². The number of hydrogen-bond donors (Lipinski definition) is 2. The Bertz CT molecular complexity index is 1440. The van der Waals surface area contributed by atoms with Crippen molar-refractivity contribution in [3.63, 3.8) is 0 Å².